The molecule has 0 aromatic rings. The van der Waals surface area contributed by atoms with Crippen molar-refractivity contribution in [3.63, 3.8) is 0 Å². The minimum absolute atomic E-state index is 1.22. The molecule has 0 aliphatic carbocycles. The van der Waals surface area contributed by atoms with Crippen molar-refractivity contribution in [2.45, 2.75) is 93.9 Å². The third-order valence-electron chi connectivity index (χ3n) is 1.46. The molecule has 20 heavy (non-hydrogen) atoms. The summed E-state index contributed by atoms with van der Waals surface area (Å²) in [7, 11) is 0. The molecule has 0 N–H and O–H groups in total. The molecule has 0 atom stereocenters. The number of allylic oxidation sites excluding steroid dienone is 3. The van der Waals surface area contributed by atoms with Crippen molar-refractivity contribution in [1.29, 1.82) is 0 Å². The van der Waals surface area contributed by atoms with E-state index in [1.807, 2.05) is 27.7 Å². The molecule has 0 aliphatic heterocycles. The lowest BCUT2D eigenvalue weighted by molar-refractivity contribution is 0.665. The Bertz CT molecular complexity index is 136. The molecule has 0 fully saturated rings. The summed E-state index contributed by atoms with van der Waals surface area (Å²) in [5, 5.41) is 0. The fourth-order valence-corrected chi connectivity index (χ4v) is 0.854. The van der Waals surface area contributed by atoms with Gasteiger partial charge >= 0.3 is 0 Å². The quantitative estimate of drug-likeness (QED) is 0.351. The van der Waals surface area contributed by atoms with Crippen molar-refractivity contribution in [3.05, 3.63) is 37.5 Å². The maximum atomic E-state index is 3.85. The van der Waals surface area contributed by atoms with Crippen molar-refractivity contribution in [1.82, 2.24) is 0 Å². The maximum absolute atomic E-state index is 3.85. The van der Waals surface area contributed by atoms with Crippen molar-refractivity contribution in [2.75, 3.05) is 0 Å². The van der Waals surface area contributed by atoms with Gasteiger partial charge in [0, 0.05) is 0 Å². The van der Waals surface area contributed by atoms with Crippen LogP contribution in [0.15, 0.2) is 37.5 Å². The number of hydrogen-bond acceptors (Lipinski definition) is 0. The Morgan fingerprint density at radius 3 is 1.35 bits per heavy atom. The van der Waals surface area contributed by atoms with Gasteiger partial charge in [-0.05, 0) is 33.6 Å². The lowest BCUT2D eigenvalue weighted by Gasteiger charge is -1.96. The Morgan fingerprint density at radius 1 is 0.850 bits per heavy atom. The van der Waals surface area contributed by atoms with Gasteiger partial charge in [0.05, 0.1) is 0 Å². The summed E-state index contributed by atoms with van der Waals surface area (Å²) in [6.45, 7) is 26.9. The SMILES string of the molecule is C=C(C)CCCCCC.C=CC.C=CC.CC.CCC. The van der Waals surface area contributed by atoms with E-state index in [1.165, 1.54) is 44.1 Å². The van der Waals surface area contributed by atoms with E-state index in [9.17, 15) is 0 Å². The molecule has 0 aromatic heterocycles. The Balaban J connectivity index is -0.0000000568. The van der Waals surface area contributed by atoms with Gasteiger partial charge in [-0.1, -0.05) is 78.0 Å². The van der Waals surface area contributed by atoms with Crippen LogP contribution in [-0.2, 0) is 0 Å². The van der Waals surface area contributed by atoms with Crippen LogP contribution in [0.3, 0.4) is 0 Å². The lowest BCUT2D eigenvalue weighted by Crippen LogP contribution is -1.76. The standard InChI is InChI=1S/C9H18.C3H8.2C3H6.C2H6/c1-4-5-6-7-8-9(2)3;3*1-3-2;1-2/h2,4-8H2,1,3H3;3H2,1-2H3;2*3H,1H2,2H3;1-2H3. The molecule has 0 spiro atoms. The smallest absolute Gasteiger partial charge is 0.0326 e. The summed E-state index contributed by atoms with van der Waals surface area (Å²) < 4.78 is 0. The molecule has 0 aliphatic rings. The van der Waals surface area contributed by atoms with E-state index < -0.39 is 0 Å². The molecule has 0 heteroatoms. The highest BCUT2D eigenvalue weighted by atomic mass is 13.9. The molecule has 0 bridgehead atoms. The van der Waals surface area contributed by atoms with Gasteiger partial charge in [0.25, 0.3) is 0 Å². The van der Waals surface area contributed by atoms with Crippen LogP contribution >= 0.6 is 0 Å². The van der Waals surface area contributed by atoms with Crippen LogP contribution in [0, 0.1) is 0 Å². The average molecular weight is 285 g/mol. The van der Waals surface area contributed by atoms with Crippen LogP contribution in [0.4, 0.5) is 0 Å². The average Bonchev–Trinajstić information content (AvgIpc) is 2.40. The Morgan fingerprint density at radius 2 is 1.15 bits per heavy atom. The molecular weight excluding hydrogens is 240 g/mol. The first-order valence-electron chi connectivity index (χ1n) is 8.30. The molecule has 0 heterocycles. The van der Waals surface area contributed by atoms with Gasteiger partial charge in [0.2, 0.25) is 0 Å². The Kier molecular flexibility index (Phi) is 81.6. The van der Waals surface area contributed by atoms with Crippen molar-refractivity contribution < 1.29 is 0 Å². The zero-order valence-corrected chi connectivity index (χ0v) is 16.0. The highest BCUT2D eigenvalue weighted by Crippen LogP contribution is 2.06. The fourth-order valence-electron chi connectivity index (χ4n) is 0.854. The summed E-state index contributed by atoms with van der Waals surface area (Å²) >= 11 is 0. The summed E-state index contributed by atoms with van der Waals surface area (Å²) in [4.78, 5) is 0. The normalized spacial score (nSPS) is 6.80. The van der Waals surface area contributed by atoms with Crippen molar-refractivity contribution >= 4 is 0 Å². The second-order valence-electron chi connectivity index (χ2n) is 4.29. The van der Waals surface area contributed by atoms with Crippen LogP contribution in [0.25, 0.3) is 0 Å². The minimum atomic E-state index is 1.22. The van der Waals surface area contributed by atoms with Crippen molar-refractivity contribution in [2.24, 2.45) is 0 Å². The van der Waals surface area contributed by atoms with E-state index in [1.54, 1.807) is 12.2 Å². The first kappa shape index (κ1) is 31.6. The molecule has 0 unspecified atom stereocenters. The predicted octanol–water partition coefficient (Wildman–Crippen LogP) is 8.36. The molecular formula is C20H44. The van der Waals surface area contributed by atoms with Crippen LogP contribution in [0.5, 0.6) is 0 Å². The monoisotopic (exact) mass is 284 g/mol. The molecule has 0 radical (unpaired) electrons. The third kappa shape index (κ3) is 166. The summed E-state index contributed by atoms with van der Waals surface area (Å²) in [5.41, 5.74) is 1.33. The second-order valence-corrected chi connectivity index (χ2v) is 4.29. The van der Waals surface area contributed by atoms with Gasteiger partial charge < -0.3 is 0 Å². The van der Waals surface area contributed by atoms with Crippen LogP contribution < -0.4 is 0 Å². The first-order valence-corrected chi connectivity index (χ1v) is 8.30. The van der Waals surface area contributed by atoms with Gasteiger partial charge in [-0.25, -0.2) is 0 Å². The second kappa shape index (κ2) is 51.7. The molecule has 0 rings (SSSR count). The maximum Gasteiger partial charge on any atom is -0.0326 e. The molecule has 124 valence electrons. The van der Waals surface area contributed by atoms with Gasteiger partial charge in [0.15, 0.2) is 0 Å². The third-order valence-corrected chi connectivity index (χ3v) is 1.46. The van der Waals surface area contributed by atoms with E-state index in [-0.39, 0.29) is 0 Å². The topological polar surface area (TPSA) is 0 Å². The van der Waals surface area contributed by atoms with E-state index in [2.05, 4.69) is 47.4 Å². The first-order chi connectivity index (χ1) is 9.51. The van der Waals surface area contributed by atoms with E-state index in [0.29, 0.717) is 0 Å². The summed E-state index contributed by atoms with van der Waals surface area (Å²) in [6, 6.07) is 0. The number of unbranched alkanes of at least 4 members (excludes halogenated alkanes) is 3. The number of rotatable bonds is 5. The molecule has 0 amide bonds. The Labute approximate surface area is 132 Å². The summed E-state index contributed by atoms with van der Waals surface area (Å²) in [5.74, 6) is 0. The molecule has 0 saturated heterocycles. The van der Waals surface area contributed by atoms with Crippen LogP contribution in [0.2, 0.25) is 0 Å². The van der Waals surface area contributed by atoms with Gasteiger partial charge in [-0.2, -0.15) is 0 Å². The van der Waals surface area contributed by atoms with Crippen LogP contribution in [0.1, 0.15) is 93.9 Å². The van der Waals surface area contributed by atoms with Crippen LogP contribution in [-0.4, -0.2) is 0 Å². The van der Waals surface area contributed by atoms with E-state index in [0.717, 1.165) is 0 Å². The molecule has 0 aromatic carbocycles. The van der Waals surface area contributed by atoms with E-state index in [4.69, 9.17) is 0 Å². The molecule has 0 saturated carbocycles. The largest absolute Gasteiger partial charge is 0.103 e. The molecule has 0 nitrogen and oxygen atoms in total. The summed E-state index contributed by atoms with van der Waals surface area (Å²) in [6.07, 6.45) is 11.4. The highest BCUT2D eigenvalue weighted by molar-refractivity contribution is 4.86. The Hall–Kier alpha value is -0.780. The zero-order valence-electron chi connectivity index (χ0n) is 16.0. The predicted molar refractivity (Wildman–Crippen MR) is 103 cm³/mol. The van der Waals surface area contributed by atoms with Gasteiger partial charge in [0.1, 0.15) is 0 Å². The highest BCUT2D eigenvalue weighted by Gasteiger charge is 1.86. The number of hydrogen-bond donors (Lipinski definition) is 0. The fraction of sp³-hybridized carbons (Fsp3) is 0.700. The van der Waals surface area contributed by atoms with Gasteiger partial charge in [-0.15, -0.1) is 19.7 Å². The zero-order chi connectivity index (χ0) is 17.2. The van der Waals surface area contributed by atoms with Crippen molar-refractivity contribution in [3.8, 4) is 0 Å². The van der Waals surface area contributed by atoms with E-state index >= 15 is 0 Å². The lowest BCUT2D eigenvalue weighted by atomic mass is 10.1. The minimum Gasteiger partial charge on any atom is -0.103 e. The van der Waals surface area contributed by atoms with Gasteiger partial charge in [-0.3, -0.25) is 0 Å².